The van der Waals surface area contributed by atoms with Crippen LogP contribution in [0.3, 0.4) is 0 Å². The van der Waals surface area contributed by atoms with Gasteiger partial charge in [0.2, 0.25) is 0 Å². The zero-order chi connectivity index (χ0) is 23.3. The molecule has 1 aromatic heterocycles. The molecule has 0 fully saturated rings. The first kappa shape index (κ1) is 23.2. The van der Waals surface area contributed by atoms with E-state index in [2.05, 4.69) is 10.4 Å². The highest BCUT2D eigenvalue weighted by atomic mass is 35.5. The number of para-hydroxylation sites is 1. The van der Waals surface area contributed by atoms with Crippen molar-refractivity contribution in [1.82, 2.24) is 9.78 Å². The summed E-state index contributed by atoms with van der Waals surface area (Å²) >= 11 is 6.45. The smallest absolute Gasteiger partial charge is 0.331 e. The fourth-order valence-electron chi connectivity index (χ4n) is 2.94. The predicted octanol–water partition coefficient (Wildman–Crippen LogP) is 4.92. The molecule has 0 aliphatic heterocycles. The molecule has 2 aromatic carbocycles. The number of carbonyl (C=O) groups excluding carboxylic acids is 2. The number of esters is 1. The summed E-state index contributed by atoms with van der Waals surface area (Å²) in [5.41, 5.74) is 3.45. The Kier molecular flexibility index (Phi) is 7.43. The van der Waals surface area contributed by atoms with Crippen molar-refractivity contribution in [1.29, 1.82) is 0 Å². The van der Waals surface area contributed by atoms with Crippen molar-refractivity contribution in [3.8, 4) is 0 Å². The summed E-state index contributed by atoms with van der Waals surface area (Å²) in [7, 11) is 0. The van der Waals surface area contributed by atoms with Gasteiger partial charge in [-0.05, 0) is 44.5 Å². The molecule has 1 amide bonds. The van der Waals surface area contributed by atoms with Crippen molar-refractivity contribution in [2.45, 2.75) is 33.4 Å². The Morgan fingerprint density at radius 1 is 1.19 bits per heavy atom. The first-order valence-corrected chi connectivity index (χ1v) is 10.3. The molecule has 0 radical (unpaired) electrons. The largest absolute Gasteiger partial charge is 0.449 e. The quantitative estimate of drug-likeness (QED) is 0.405. The molecular formula is C24H23ClFN3O3. The average molecular weight is 456 g/mol. The summed E-state index contributed by atoms with van der Waals surface area (Å²) in [6, 6.07) is 13.8. The summed E-state index contributed by atoms with van der Waals surface area (Å²) in [6.07, 6.45) is 1.56. The fourth-order valence-corrected chi connectivity index (χ4v) is 3.24. The number of aryl methyl sites for hydroxylation is 2. The Bertz CT molecular complexity index is 1160. The van der Waals surface area contributed by atoms with Crippen LogP contribution < -0.4 is 5.32 Å². The molecule has 1 unspecified atom stereocenters. The van der Waals surface area contributed by atoms with Crippen LogP contribution in [-0.4, -0.2) is 27.8 Å². The maximum absolute atomic E-state index is 13.7. The summed E-state index contributed by atoms with van der Waals surface area (Å²) in [5.74, 6) is -1.95. The third-order valence-electron chi connectivity index (χ3n) is 4.74. The lowest BCUT2D eigenvalue weighted by Gasteiger charge is -2.12. The summed E-state index contributed by atoms with van der Waals surface area (Å²) in [6.45, 7) is 5.69. The molecule has 32 heavy (non-hydrogen) atoms. The first-order chi connectivity index (χ1) is 15.2. The number of aromatic nitrogens is 2. The molecule has 8 heteroatoms. The molecule has 0 saturated heterocycles. The zero-order valence-corrected chi connectivity index (χ0v) is 18.7. The lowest BCUT2D eigenvalue weighted by molar-refractivity contribution is -0.148. The van der Waals surface area contributed by atoms with Crippen molar-refractivity contribution >= 4 is 35.2 Å². The minimum Gasteiger partial charge on any atom is -0.449 e. The lowest BCUT2D eigenvalue weighted by atomic mass is 10.1. The second-order valence-electron chi connectivity index (χ2n) is 7.31. The lowest BCUT2D eigenvalue weighted by Crippen LogP contribution is -2.29. The van der Waals surface area contributed by atoms with Gasteiger partial charge in [0.05, 0.1) is 17.9 Å². The van der Waals surface area contributed by atoms with Gasteiger partial charge >= 0.3 is 5.97 Å². The van der Waals surface area contributed by atoms with Crippen LogP contribution in [0.4, 0.5) is 10.1 Å². The van der Waals surface area contributed by atoms with Gasteiger partial charge in [-0.15, -0.1) is 0 Å². The van der Waals surface area contributed by atoms with Crippen molar-refractivity contribution < 1.29 is 18.7 Å². The zero-order valence-electron chi connectivity index (χ0n) is 17.9. The number of hydrogen-bond donors (Lipinski definition) is 1. The molecule has 0 bridgehead atoms. The molecule has 166 valence electrons. The molecule has 0 aliphatic carbocycles. The molecule has 3 rings (SSSR count). The minimum atomic E-state index is -1.12. The van der Waals surface area contributed by atoms with Gasteiger partial charge in [0.25, 0.3) is 5.91 Å². The number of hydrogen-bond acceptors (Lipinski definition) is 4. The van der Waals surface area contributed by atoms with Crippen LogP contribution in [0.1, 0.15) is 29.3 Å². The highest BCUT2D eigenvalue weighted by Gasteiger charge is 2.18. The van der Waals surface area contributed by atoms with E-state index < -0.39 is 23.8 Å². The number of benzene rings is 2. The Hall–Kier alpha value is -3.45. The molecule has 1 N–H and O–H groups in total. The van der Waals surface area contributed by atoms with Crippen LogP contribution in [0.2, 0.25) is 5.15 Å². The second-order valence-corrected chi connectivity index (χ2v) is 7.67. The van der Waals surface area contributed by atoms with Crippen molar-refractivity contribution in [2.24, 2.45) is 0 Å². The average Bonchev–Trinajstić information content (AvgIpc) is 3.02. The van der Waals surface area contributed by atoms with Crippen LogP contribution in [0.25, 0.3) is 6.08 Å². The summed E-state index contributed by atoms with van der Waals surface area (Å²) < 4.78 is 20.4. The fraction of sp³-hybridized carbons (Fsp3) is 0.208. The minimum absolute atomic E-state index is 0.0133. The number of nitrogens with zero attached hydrogens (tertiary/aromatic N) is 2. The van der Waals surface area contributed by atoms with E-state index in [0.717, 1.165) is 11.1 Å². The second kappa shape index (κ2) is 10.2. The van der Waals surface area contributed by atoms with Gasteiger partial charge in [-0.25, -0.2) is 13.9 Å². The molecule has 1 atom stereocenters. The Morgan fingerprint density at radius 2 is 1.88 bits per heavy atom. The summed E-state index contributed by atoms with van der Waals surface area (Å²) in [5, 5.41) is 7.21. The topological polar surface area (TPSA) is 73.2 Å². The van der Waals surface area contributed by atoms with Gasteiger partial charge in [0.15, 0.2) is 6.10 Å². The van der Waals surface area contributed by atoms with Crippen LogP contribution in [0.5, 0.6) is 0 Å². The van der Waals surface area contributed by atoms with E-state index in [1.165, 1.54) is 37.3 Å². The van der Waals surface area contributed by atoms with E-state index in [4.69, 9.17) is 16.3 Å². The van der Waals surface area contributed by atoms with Crippen molar-refractivity contribution in [3.63, 3.8) is 0 Å². The number of carbonyl (C=O) groups is 2. The summed E-state index contributed by atoms with van der Waals surface area (Å²) in [4.78, 5) is 24.3. The van der Waals surface area contributed by atoms with Crippen LogP contribution in [0, 0.1) is 19.7 Å². The number of ether oxygens (including phenoxy) is 1. The number of amides is 1. The third kappa shape index (κ3) is 5.82. The van der Waals surface area contributed by atoms with Gasteiger partial charge in [-0.3, -0.25) is 4.79 Å². The first-order valence-electron chi connectivity index (χ1n) is 9.97. The Balaban J connectivity index is 1.62. The number of halogens is 2. The molecular weight excluding hydrogens is 433 g/mol. The van der Waals surface area contributed by atoms with Gasteiger partial charge in [-0.1, -0.05) is 53.6 Å². The van der Waals surface area contributed by atoms with Crippen LogP contribution >= 0.6 is 11.6 Å². The molecule has 0 aliphatic rings. The van der Waals surface area contributed by atoms with Gasteiger partial charge in [0, 0.05) is 11.6 Å². The normalized spacial score (nSPS) is 12.0. The Morgan fingerprint density at radius 3 is 2.56 bits per heavy atom. The van der Waals surface area contributed by atoms with Crippen molar-refractivity contribution in [2.75, 3.05) is 5.32 Å². The van der Waals surface area contributed by atoms with Crippen molar-refractivity contribution in [3.05, 3.63) is 88.0 Å². The van der Waals surface area contributed by atoms with Gasteiger partial charge < -0.3 is 10.1 Å². The molecule has 0 saturated carbocycles. The van der Waals surface area contributed by atoms with E-state index >= 15 is 0 Å². The number of nitrogens with one attached hydrogen (secondary N) is 1. The number of anilines is 1. The monoisotopic (exact) mass is 455 g/mol. The SMILES string of the molecule is Cc1ccc(Cn2nc(C)c(/C=C/C(=O)OC(C)C(=O)Nc3ccccc3F)c2Cl)cc1. The third-order valence-corrected chi connectivity index (χ3v) is 5.14. The van der Waals surface area contributed by atoms with E-state index in [1.807, 2.05) is 31.2 Å². The maximum Gasteiger partial charge on any atom is 0.331 e. The molecule has 3 aromatic rings. The van der Waals surface area contributed by atoms with E-state index in [-0.39, 0.29) is 5.69 Å². The van der Waals surface area contributed by atoms with Crippen LogP contribution in [0.15, 0.2) is 54.6 Å². The van der Waals surface area contributed by atoms with E-state index in [0.29, 0.717) is 23.0 Å². The number of rotatable bonds is 7. The van der Waals surface area contributed by atoms with E-state index in [9.17, 15) is 14.0 Å². The van der Waals surface area contributed by atoms with Crippen LogP contribution in [-0.2, 0) is 20.9 Å². The highest BCUT2D eigenvalue weighted by Crippen LogP contribution is 2.22. The van der Waals surface area contributed by atoms with E-state index in [1.54, 1.807) is 17.7 Å². The van der Waals surface area contributed by atoms with Gasteiger partial charge in [-0.2, -0.15) is 5.10 Å². The highest BCUT2D eigenvalue weighted by molar-refractivity contribution is 6.31. The maximum atomic E-state index is 13.7. The predicted molar refractivity (Wildman–Crippen MR) is 122 cm³/mol. The molecule has 1 heterocycles. The van der Waals surface area contributed by atoms with Gasteiger partial charge in [0.1, 0.15) is 11.0 Å². The standard InChI is InChI=1S/C24H23ClFN3O3/c1-15-8-10-18(11-9-15)14-29-23(25)19(16(2)28-29)12-13-22(30)32-17(3)24(31)27-21-7-5-4-6-20(21)26/h4-13,17H,14H2,1-3H3,(H,27,31)/b13-12+. The molecule has 6 nitrogen and oxygen atoms in total. The molecule has 0 spiro atoms. The Labute approximate surface area is 190 Å².